The highest BCUT2D eigenvalue weighted by molar-refractivity contribution is 7.15. The summed E-state index contributed by atoms with van der Waals surface area (Å²) in [5, 5.41) is 11.0. The molecular formula is C16H18FNOS. The lowest BCUT2D eigenvalue weighted by Gasteiger charge is -2.31. The second-order valence-electron chi connectivity index (χ2n) is 6.35. The number of fused-ring (bicyclic) bond motifs is 1. The van der Waals surface area contributed by atoms with Gasteiger partial charge in [-0.05, 0) is 36.8 Å². The predicted molar refractivity (Wildman–Crippen MR) is 79.3 cm³/mol. The Morgan fingerprint density at radius 1 is 1.40 bits per heavy atom. The Balaban J connectivity index is 2.03. The molecule has 1 atom stereocenters. The molecule has 0 aliphatic heterocycles. The van der Waals surface area contributed by atoms with Gasteiger partial charge in [-0.15, -0.1) is 11.3 Å². The van der Waals surface area contributed by atoms with Crippen LogP contribution in [0.4, 0.5) is 4.39 Å². The highest BCUT2D eigenvalue weighted by atomic mass is 32.1. The molecule has 3 rings (SSSR count). The van der Waals surface area contributed by atoms with Crippen LogP contribution < -0.4 is 0 Å². The highest BCUT2D eigenvalue weighted by Gasteiger charge is 2.34. The molecule has 0 saturated carbocycles. The average molecular weight is 291 g/mol. The maximum absolute atomic E-state index is 13.7. The molecule has 0 bridgehead atoms. The van der Waals surface area contributed by atoms with E-state index in [0.717, 1.165) is 34.0 Å². The van der Waals surface area contributed by atoms with E-state index < -0.39 is 6.10 Å². The molecule has 0 spiro atoms. The lowest BCUT2D eigenvalue weighted by molar-refractivity contribution is 0.102. The Hall–Kier alpha value is -1.26. The monoisotopic (exact) mass is 291 g/mol. The van der Waals surface area contributed by atoms with E-state index in [9.17, 15) is 9.50 Å². The van der Waals surface area contributed by atoms with Crippen LogP contribution in [0, 0.1) is 18.2 Å². The third kappa shape index (κ3) is 2.38. The van der Waals surface area contributed by atoms with Gasteiger partial charge in [0.2, 0.25) is 0 Å². The second kappa shape index (κ2) is 4.64. The minimum atomic E-state index is -0.449. The van der Waals surface area contributed by atoms with Crippen molar-refractivity contribution >= 4 is 11.3 Å². The number of halogens is 1. The van der Waals surface area contributed by atoms with Gasteiger partial charge in [0.05, 0.1) is 16.7 Å². The molecule has 1 N–H and O–H groups in total. The zero-order valence-corrected chi connectivity index (χ0v) is 12.7. The fourth-order valence-electron chi connectivity index (χ4n) is 2.74. The second-order valence-corrected chi connectivity index (χ2v) is 7.39. The van der Waals surface area contributed by atoms with Gasteiger partial charge in [0.1, 0.15) is 10.8 Å². The molecule has 1 aromatic heterocycles. The van der Waals surface area contributed by atoms with Gasteiger partial charge >= 0.3 is 0 Å². The summed E-state index contributed by atoms with van der Waals surface area (Å²) in [6, 6.07) is 5.18. The number of thiazole rings is 1. The number of aliphatic hydroxyl groups is 1. The van der Waals surface area contributed by atoms with Crippen LogP contribution in [0.25, 0.3) is 10.6 Å². The maximum atomic E-state index is 13.7. The minimum Gasteiger partial charge on any atom is -0.387 e. The molecule has 1 aliphatic carbocycles. The molecule has 0 amide bonds. The SMILES string of the molecule is Cc1ccc(-c2nc3c(s2)C(O)CC(C)(C)C3)cc1F. The Morgan fingerprint density at radius 2 is 2.15 bits per heavy atom. The molecule has 0 saturated heterocycles. The van der Waals surface area contributed by atoms with Crippen molar-refractivity contribution in [1.29, 1.82) is 0 Å². The van der Waals surface area contributed by atoms with Crippen LogP contribution in [-0.4, -0.2) is 10.1 Å². The van der Waals surface area contributed by atoms with Gasteiger partial charge in [0.25, 0.3) is 0 Å². The quantitative estimate of drug-likeness (QED) is 0.851. The topological polar surface area (TPSA) is 33.1 Å². The summed E-state index contributed by atoms with van der Waals surface area (Å²) in [5.41, 5.74) is 2.46. The first-order chi connectivity index (χ1) is 9.35. The Labute approximate surface area is 122 Å². The van der Waals surface area contributed by atoms with Gasteiger partial charge in [-0.1, -0.05) is 26.0 Å². The van der Waals surface area contributed by atoms with Gasteiger partial charge < -0.3 is 5.11 Å². The van der Waals surface area contributed by atoms with E-state index in [4.69, 9.17) is 0 Å². The van der Waals surface area contributed by atoms with Gasteiger partial charge in [-0.2, -0.15) is 0 Å². The summed E-state index contributed by atoms with van der Waals surface area (Å²) in [6.45, 7) is 6.03. The van der Waals surface area contributed by atoms with Gasteiger partial charge in [0, 0.05) is 5.56 Å². The molecule has 106 valence electrons. The molecule has 0 fully saturated rings. The molecular weight excluding hydrogens is 273 g/mol. The van der Waals surface area contributed by atoms with Crippen LogP contribution in [0.3, 0.4) is 0 Å². The smallest absolute Gasteiger partial charge is 0.126 e. The number of aromatic nitrogens is 1. The van der Waals surface area contributed by atoms with Crippen molar-refractivity contribution in [2.24, 2.45) is 5.41 Å². The number of hydrogen-bond acceptors (Lipinski definition) is 3. The van der Waals surface area contributed by atoms with E-state index in [1.54, 1.807) is 13.0 Å². The minimum absolute atomic E-state index is 0.0658. The standard InChI is InChI=1S/C16H18FNOS/c1-9-4-5-10(6-11(9)17)15-18-12-7-16(2,3)8-13(19)14(12)20-15/h4-6,13,19H,7-8H2,1-3H3. The number of benzene rings is 1. The summed E-state index contributed by atoms with van der Waals surface area (Å²) in [7, 11) is 0. The molecule has 1 heterocycles. The summed E-state index contributed by atoms with van der Waals surface area (Å²) >= 11 is 1.48. The number of nitrogens with zero attached hydrogens (tertiary/aromatic N) is 1. The van der Waals surface area contributed by atoms with Crippen LogP contribution >= 0.6 is 11.3 Å². The van der Waals surface area contributed by atoms with Crippen LogP contribution in [0.1, 0.15) is 42.5 Å². The lowest BCUT2D eigenvalue weighted by Crippen LogP contribution is -2.24. The van der Waals surface area contributed by atoms with Crippen LogP contribution in [0.2, 0.25) is 0 Å². The molecule has 1 unspecified atom stereocenters. The molecule has 1 aliphatic rings. The maximum Gasteiger partial charge on any atom is 0.126 e. The molecule has 4 heteroatoms. The first-order valence-corrected chi connectivity index (χ1v) is 7.61. The average Bonchev–Trinajstić information content (AvgIpc) is 2.75. The Kier molecular flexibility index (Phi) is 3.18. The largest absolute Gasteiger partial charge is 0.387 e. The first kappa shape index (κ1) is 13.7. The van der Waals surface area contributed by atoms with Crippen molar-refractivity contribution in [2.75, 3.05) is 0 Å². The fourth-order valence-corrected chi connectivity index (χ4v) is 3.81. The van der Waals surface area contributed by atoms with Crippen LogP contribution in [0.15, 0.2) is 18.2 Å². The number of aliphatic hydroxyl groups excluding tert-OH is 1. The molecule has 0 radical (unpaired) electrons. The van der Waals surface area contributed by atoms with E-state index >= 15 is 0 Å². The number of rotatable bonds is 1. The van der Waals surface area contributed by atoms with Crippen molar-refractivity contribution in [1.82, 2.24) is 4.98 Å². The Morgan fingerprint density at radius 3 is 2.85 bits per heavy atom. The van der Waals surface area contributed by atoms with Crippen molar-refractivity contribution in [3.05, 3.63) is 40.2 Å². The molecule has 1 aromatic carbocycles. The highest BCUT2D eigenvalue weighted by Crippen LogP contribution is 2.44. The summed E-state index contributed by atoms with van der Waals surface area (Å²) in [6.07, 6.45) is 1.17. The summed E-state index contributed by atoms with van der Waals surface area (Å²) in [4.78, 5) is 5.57. The van der Waals surface area contributed by atoms with Crippen molar-refractivity contribution < 1.29 is 9.50 Å². The van der Waals surface area contributed by atoms with Gasteiger partial charge in [-0.3, -0.25) is 0 Å². The van der Waals surface area contributed by atoms with E-state index in [1.165, 1.54) is 17.4 Å². The number of aryl methyl sites for hydroxylation is 1. The van der Waals surface area contributed by atoms with E-state index in [-0.39, 0.29) is 11.2 Å². The van der Waals surface area contributed by atoms with Crippen LogP contribution in [0.5, 0.6) is 0 Å². The van der Waals surface area contributed by atoms with Crippen LogP contribution in [-0.2, 0) is 6.42 Å². The van der Waals surface area contributed by atoms with E-state index in [1.807, 2.05) is 6.07 Å². The zero-order chi connectivity index (χ0) is 14.5. The fraction of sp³-hybridized carbons (Fsp3) is 0.438. The molecule has 20 heavy (non-hydrogen) atoms. The van der Waals surface area contributed by atoms with Crippen molar-refractivity contribution in [3.63, 3.8) is 0 Å². The predicted octanol–water partition coefficient (Wildman–Crippen LogP) is 4.26. The Bertz CT molecular complexity index is 662. The summed E-state index contributed by atoms with van der Waals surface area (Å²) in [5.74, 6) is -0.212. The molecule has 2 nitrogen and oxygen atoms in total. The van der Waals surface area contributed by atoms with E-state index in [0.29, 0.717) is 5.56 Å². The summed E-state index contributed by atoms with van der Waals surface area (Å²) < 4.78 is 13.7. The van der Waals surface area contributed by atoms with Crippen molar-refractivity contribution in [3.8, 4) is 10.6 Å². The zero-order valence-electron chi connectivity index (χ0n) is 11.9. The third-order valence-corrected chi connectivity index (χ3v) is 5.09. The molecule has 2 aromatic rings. The van der Waals surface area contributed by atoms with Gasteiger partial charge in [0.15, 0.2) is 0 Å². The normalized spacial score (nSPS) is 20.8. The third-order valence-electron chi connectivity index (χ3n) is 3.84. The lowest BCUT2D eigenvalue weighted by atomic mass is 9.77. The van der Waals surface area contributed by atoms with Gasteiger partial charge in [-0.25, -0.2) is 9.37 Å². The van der Waals surface area contributed by atoms with Crippen molar-refractivity contribution in [2.45, 2.75) is 39.7 Å². The van der Waals surface area contributed by atoms with E-state index in [2.05, 4.69) is 18.8 Å². The number of hydrogen-bond donors (Lipinski definition) is 1. The first-order valence-electron chi connectivity index (χ1n) is 6.80.